The third-order valence-corrected chi connectivity index (χ3v) is 4.10. The Morgan fingerprint density at radius 1 is 1.33 bits per heavy atom. The fourth-order valence-electron chi connectivity index (χ4n) is 3.00. The number of aliphatic hydroxyl groups is 1. The summed E-state index contributed by atoms with van der Waals surface area (Å²) >= 11 is 0. The summed E-state index contributed by atoms with van der Waals surface area (Å²) in [5.41, 5.74) is 2.36. The van der Waals surface area contributed by atoms with Crippen LogP contribution in [0.1, 0.15) is 30.4 Å². The molecule has 0 aromatic heterocycles. The van der Waals surface area contributed by atoms with Gasteiger partial charge in [0.1, 0.15) is 25.0 Å². The first-order chi connectivity index (χ1) is 10.2. The molecular formula is C18H28NO2+. The van der Waals surface area contributed by atoms with Gasteiger partial charge in [0.25, 0.3) is 0 Å². The van der Waals surface area contributed by atoms with Crippen LogP contribution in [0, 0.1) is 6.92 Å². The number of quaternary nitrogens is 1. The minimum Gasteiger partial charge on any atom is -0.490 e. The zero-order valence-electron chi connectivity index (χ0n) is 13.1. The first-order valence-electron chi connectivity index (χ1n) is 8.04. The second-order valence-corrected chi connectivity index (χ2v) is 6.08. The summed E-state index contributed by atoms with van der Waals surface area (Å²) in [6.07, 6.45) is 6.19. The van der Waals surface area contributed by atoms with Crippen molar-refractivity contribution in [2.45, 2.75) is 38.7 Å². The van der Waals surface area contributed by atoms with Crippen molar-refractivity contribution in [2.75, 3.05) is 26.2 Å². The van der Waals surface area contributed by atoms with E-state index in [2.05, 4.69) is 19.6 Å². The number of aliphatic hydroxyl groups excluding tert-OH is 1. The molecule has 2 rings (SSSR count). The molecule has 0 radical (unpaired) electrons. The lowest BCUT2D eigenvalue weighted by molar-refractivity contribution is -0.908. The summed E-state index contributed by atoms with van der Waals surface area (Å²) in [5, 5.41) is 10.2. The standard InChI is InChI=1S/C18H27NO2/c1-3-7-16-12-15(2)8-9-18(16)21-14-17(20)13-19-10-5-4-6-11-19/h3,8-9,12,17,20H,1,4-7,10-11,13-14H2,2H3/p+1/t17-/m1/s1. The molecule has 1 heterocycles. The van der Waals surface area contributed by atoms with E-state index in [1.165, 1.54) is 42.8 Å². The summed E-state index contributed by atoms with van der Waals surface area (Å²) in [6, 6.07) is 6.16. The Morgan fingerprint density at radius 2 is 2.10 bits per heavy atom. The Morgan fingerprint density at radius 3 is 2.81 bits per heavy atom. The van der Waals surface area contributed by atoms with E-state index in [9.17, 15) is 5.11 Å². The van der Waals surface area contributed by atoms with Crippen molar-refractivity contribution in [3.8, 4) is 5.75 Å². The van der Waals surface area contributed by atoms with E-state index in [1.807, 2.05) is 18.2 Å². The van der Waals surface area contributed by atoms with Crippen molar-refractivity contribution in [3.05, 3.63) is 42.0 Å². The van der Waals surface area contributed by atoms with Crippen LogP contribution in [-0.4, -0.2) is 37.5 Å². The molecule has 116 valence electrons. The fraction of sp³-hybridized carbons (Fsp3) is 0.556. The van der Waals surface area contributed by atoms with Crippen molar-refractivity contribution in [1.82, 2.24) is 0 Å². The molecule has 0 amide bonds. The summed E-state index contributed by atoms with van der Waals surface area (Å²) in [5.74, 6) is 0.869. The van der Waals surface area contributed by atoms with Crippen molar-refractivity contribution < 1.29 is 14.7 Å². The molecule has 21 heavy (non-hydrogen) atoms. The second-order valence-electron chi connectivity index (χ2n) is 6.08. The highest BCUT2D eigenvalue weighted by molar-refractivity contribution is 5.38. The molecule has 1 aliphatic rings. The molecule has 0 saturated carbocycles. The molecule has 3 heteroatoms. The van der Waals surface area contributed by atoms with Gasteiger partial charge < -0.3 is 14.7 Å². The van der Waals surface area contributed by atoms with Crippen LogP contribution in [0.4, 0.5) is 0 Å². The van der Waals surface area contributed by atoms with Crippen LogP contribution in [0.5, 0.6) is 5.75 Å². The van der Waals surface area contributed by atoms with E-state index < -0.39 is 6.10 Å². The minimum atomic E-state index is -0.393. The predicted octanol–water partition coefficient (Wildman–Crippen LogP) is 1.53. The molecule has 1 aliphatic heterocycles. The van der Waals surface area contributed by atoms with Gasteiger partial charge in [-0.25, -0.2) is 0 Å². The summed E-state index contributed by atoms with van der Waals surface area (Å²) in [6.45, 7) is 9.40. The minimum absolute atomic E-state index is 0.372. The second kappa shape index (κ2) is 8.20. The maximum absolute atomic E-state index is 10.2. The molecule has 0 aliphatic carbocycles. The van der Waals surface area contributed by atoms with Gasteiger partial charge in [-0.15, -0.1) is 6.58 Å². The van der Waals surface area contributed by atoms with Crippen LogP contribution >= 0.6 is 0 Å². The molecule has 0 unspecified atom stereocenters. The van der Waals surface area contributed by atoms with Crippen LogP contribution in [0.25, 0.3) is 0 Å². The lowest BCUT2D eigenvalue weighted by Gasteiger charge is -2.25. The SMILES string of the molecule is C=CCc1cc(C)ccc1OC[C@H](O)C[NH+]1CCCCC1. The maximum Gasteiger partial charge on any atom is 0.137 e. The number of hydrogen-bond acceptors (Lipinski definition) is 2. The number of aryl methyl sites for hydroxylation is 1. The van der Waals surface area contributed by atoms with Gasteiger partial charge in [-0.3, -0.25) is 0 Å². The molecule has 3 nitrogen and oxygen atoms in total. The Hall–Kier alpha value is -1.32. The molecule has 0 spiro atoms. The van der Waals surface area contributed by atoms with Gasteiger partial charge in [0, 0.05) is 0 Å². The van der Waals surface area contributed by atoms with Gasteiger partial charge in [-0.2, -0.15) is 0 Å². The Bertz CT molecular complexity index is 453. The van der Waals surface area contributed by atoms with E-state index in [0.29, 0.717) is 6.61 Å². The highest BCUT2D eigenvalue weighted by Gasteiger charge is 2.18. The van der Waals surface area contributed by atoms with Crippen LogP contribution in [0.15, 0.2) is 30.9 Å². The van der Waals surface area contributed by atoms with E-state index in [1.54, 1.807) is 0 Å². The molecule has 1 fully saturated rings. The number of rotatable bonds is 7. The van der Waals surface area contributed by atoms with Crippen molar-refractivity contribution in [3.63, 3.8) is 0 Å². The third kappa shape index (κ3) is 5.18. The van der Waals surface area contributed by atoms with Crippen molar-refractivity contribution in [1.29, 1.82) is 0 Å². The Balaban J connectivity index is 1.85. The summed E-state index contributed by atoms with van der Waals surface area (Å²) in [4.78, 5) is 1.51. The van der Waals surface area contributed by atoms with Gasteiger partial charge in [0.05, 0.1) is 13.1 Å². The Labute approximate surface area is 128 Å². The summed E-state index contributed by atoms with van der Waals surface area (Å²) in [7, 11) is 0. The highest BCUT2D eigenvalue weighted by atomic mass is 16.5. The van der Waals surface area contributed by atoms with Gasteiger partial charge in [-0.1, -0.05) is 23.8 Å². The van der Waals surface area contributed by atoms with Gasteiger partial charge in [0.2, 0.25) is 0 Å². The van der Waals surface area contributed by atoms with E-state index in [4.69, 9.17) is 4.74 Å². The molecule has 1 aromatic carbocycles. The van der Waals surface area contributed by atoms with Crippen LogP contribution in [0.2, 0.25) is 0 Å². The molecule has 1 aromatic rings. The average Bonchev–Trinajstić information content (AvgIpc) is 2.48. The van der Waals surface area contributed by atoms with Gasteiger partial charge >= 0.3 is 0 Å². The lowest BCUT2D eigenvalue weighted by atomic mass is 10.1. The quantitative estimate of drug-likeness (QED) is 0.747. The first-order valence-corrected chi connectivity index (χ1v) is 8.04. The molecule has 2 N–H and O–H groups in total. The number of hydrogen-bond donors (Lipinski definition) is 2. The maximum atomic E-state index is 10.2. The highest BCUT2D eigenvalue weighted by Crippen LogP contribution is 2.21. The number of likely N-dealkylation sites (tertiary alicyclic amines) is 1. The fourth-order valence-corrected chi connectivity index (χ4v) is 3.00. The molecule has 1 saturated heterocycles. The zero-order valence-corrected chi connectivity index (χ0v) is 13.1. The van der Waals surface area contributed by atoms with Crippen molar-refractivity contribution in [2.24, 2.45) is 0 Å². The van der Waals surface area contributed by atoms with Crippen LogP contribution in [0.3, 0.4) is 0 Å². The first kappa shape index (κ1) is 16.1. The topological polar surface area (TPSA) is 33.9 Å². The zero-order chi connectivity index (χ0) is 15.1. The number of benzene rings is 1. The smallest absolute Gasteiger partial charge is 0.137 e. The Kier molecular flexibility index (Phi) is 6.27. The summed E-state index contributed by atoms with van der Waals surface area (Å²) < 4.78 is 5.84. The van der Waals surface area contributed by atoms with Crippen molar-refractivity contribution >= 4 is 0 Å². The predicted molar refractivity (Wildman–Crippen MR) is 86.0 cm³/mol. The molecule has 1 atom stereocenters. The van der Waals surface area contributed by atoms with E-state index in [0.717, 1.165) is 24.3 Å². The number of nitrogens with one attached hydrogen (secondary N) is 1. The van der Waals surface area contributed by atoms with E-state index >= 15 is 0 Å². The number of ether oxygens (including phenoxy) is 1. The third-order valence-electron chi connectivity index (χ3n) is 4.10. The largest absolute Gasteiger partial charge is 0.490 e. The number of allylic oxidation sites excluding steroid dienone is 1. The number of piperidine rings is 1. The normalized spacial score (nSPS) is 17.4. The van der Waals surface area contributed by atoms with Gasteiger partial charge in [-0.05, 0) is 44.2 Å². The van der Waals surface area contributed by atoms with Gasteiger partial charge in [0.15, 0.2) is 0 Å². The molecular weight excluding hydrogens is 262 g/mol. The monoisotopic (exact) mass is 290 g/mol. The average molecular weight is 290 g/mol. The van der Waals surface area contributed by atoms with Crippen LogP contribution in [-0.2, 0) is 6.42 Å². The lowest BCUT2D eigenvalue weighted by Crippen LogP contribution is -3.14. The van der Waals surface area contributed by atoms with E-state index in [-0.39, 0.29) is 0 Å². The molecule has 0 bridgehead atoms. The van der Waals surface area contributed by atoms with Crippen LogP contribution < -0.4 is 9.64 Å².